The number of fused-ring (bicyclic) bond motifs is 2. The molecule has 1 aromatic heterocycles. The van der Waals surface area contributed by atoms with E-state index >= 15 is 0 Å². The van der Waals surface area contributed by atoms with Crippen LogP contribution in [-0.2, 0) is 5.41 Å². The number of rotatable bonds is 0. The van der Waals surface area contributed by atoms with Crippen molar-refractivity contribution in [3.63, 3.8) is 0 Å². The van der Waals surface area contributed by atoms with E-state index in [-0.39, 0.29) is 5.41 Å². The zero-order valence-electron chi connectivity index (χ0n) is 10.5. The van der Waals surface area contributed by atoms with Gasteiger partial charge in [0, 0.05) is 5.41 Å². The molecule has 0 saturated heterocycles. The molecule has 0 N–H and O–H groups in total. The molecule has 18 heavy (non-hydrogen) atoms. The lowest BCUT2D eigenvalue weighted by molar-refractivity contribution is 0.628. The van der Waals surface area contributed by atoms with Gasteiger partial charge >= 0.3 is 0 Å². The summed E-state index contributed by atoms with van der Waals surface area (Å²) in [5.41, 5.74) is 6.34. The van der Waals surface area contributed by atoms with Crippen molar-refractivity contribution in [2.75, 3.05) is 0 Å². The third-order valence-electron chi connectivity index (χ3n) is 4.08. The van der Waals surface area contributed by atoms with Crippen LogP contribution < -0.4 is 0 Å². The average Bonchev–Trinajstić information content (AvgIpc) is 2.81. The topological polar surface area (TPSA) is 17.8 Å². The molecule has 0 aliphatic carbocycles. The SMILES string of the molecule is CC1(C)c2ccccc2-n2cnc3cccc1c32. The summed E-state index contributed by atoms with van der Waals surface area (Å²) < 4.78 is 2.21. The van der Waals surface area contributed by atoms with Gasteiger partial charge in [0.25, 0.3) is 0 Å². The molecule has 0 saturated carbocycles. The van der Waals surface area contributed by atoms with E-state index in [9.17, 15) is 0 Å². The largest absolute Gasteiger partial charge is 0.298 e. The van der Waals surface area contributed by atoms with E-state index in [4.69, 9.17) is 0 Å². The molecule has 2 nitrogen and oxygen atoms in total. The summed E-state index contributed by atoms with van der Waals surface area (Å²) in [7, 11) is 0. The first-order valence-corrected chi connectivity index (χ1v) is 6.26. The molecule has 88 valence electrons. The highest BCUT2D eigenvalue weighted by Crippen LogP contribution is 2.43. The van der Waals surface area contributed by atoms with E-state index < -0.39 is 0 Å². The second-order valence-corrected chi connectivity index (χ2v) is 5.43. The van der Waals surface area contributed by atoms with Gasteiger partial charge in [0.2, 0.25) is 0 Å². The standard InChI is InChI=1S/C16H14N2/c1-16(2)11-6-3-4-9-14(11)18-10-17-13-8-5-7-12(16)15(13)18/h3-10H,1-2H3. The molecule has 0 spiro atoms. The maximum atomic E-state index is 4.52. The first-order chi connectivity index (χ1) is 8.69. The Morgan fingerprint density at radius 3 is 2.61 bits per heavy atom. The first-order valence-electron chi connectivity index (χ1n) is 6.26. The molecule has 3 aromatic rings. The van der Waals surface area contributed by atoms with Crippen LogP contribution in [0.4, 0.5) is 0 Å². The predicted octanol–water partition coefficient (Wildman–Crippen LogP) is 3.66. The molecule has 4 rings (SSSR count). The molecule has 0 unspecified atom stereocenters. The maximum absolute atomic E-state index is 4.52. The Morgan fingerprint density at radius 2 is 1.72 bits per heavy atom. The fourth-order valence-corrected chi connectivity index (χ4v) is 3.11. The van der Waals surface area contributed by atoms with Crippen molar-refractivity contribution in [2.24, 2.45) is 0 Å². The summed E-state index contributed by atoms with van der Waals surface area (Å²) >= 11 is 0. The number of nitrogens with zero attached hydrogens (tertiary/aromatic N) is 2. The number of imidazole rings is 1. The first kappa shape index (κ1) is 9.89. The summed E-state index contributed by atoms with van der Waals surface area (Å²) in [5.74, 6) is 0. The highest BCUT2D eigenvalue weighted by molar-refractivity contribution is 5.85. The molecule has 0 atom stereocenters. The predicted molar refractivity (Wildman–Crippen MR) is 73.2 cm³/mol. The number of hydrogen-bond acceptors (Lipinski definition) is 1. The third-order valence-corrected chi connectivity index (χ3v) is 4.08. The van der Waals surface area contributed by atoms with Crippen LogP contribution in [0.5, 0.6) is 0 Å². The molecular formula is C16H14N2. The number of para-hydroxylation sites is 2. The fraction of sp³-hybridized carbons (Fsp3) is 0.188. The third kappa shape index (κ3) is 1.01. The average molecular weight is 234 g/mol. The van der Waals surface area contributed by atoms with E-state index in [2.05, 4.69) is 65.9 Å². The van der Waals surface area contributed by atoms with Gasteiger partial charge < -0.3 is 0 Å². The Morgan fingerprint density at radius 1 is 0.944 bits per heavy atom. The van der Waals surface area contributed by atoms with Gasteiger partial charge in [-0.15, -0.1) is 0 Å². The smallest absolute Gasteiger partial charge is 0.100 e. The second kappa shape index (κ2) is 3.02. The van der Waals surface area contributed by atoms with E-state index in [1.807, 2.05) is 6.33 Å². The molecule has 0 amide bonds. The van der Waals surface area contributed by atoms with Crippen molar-refractivity contribution in [1.82, 2.24) is 9.55 Å². The van der Waals surface area contributed by atoms with Crippen LogP contribution in [0.1, 0.15) is 25.0 Å². The van der Waals surface area contributed by atoms with Crippen LogP contribution in [-0.4, -0.2) is 9.55 Å². The molecule has 0 radical (unpaired) electrons. The van der Waals surface area contributed by atoms with Crippen LogP contribution in [0, 0.1) is 0 Å². The quantitative estimate of drug-likeness (QED) is 0.580. The minimum Gasteiger partial charge on any atom is -0.298 e. The number of hydrogen-bond donors (Lipinski definition) is 0. The molecule has 2 aromatic carbocycles. The summed E-state index contributed by atoms with van der Waals surface area (Å²) in [6, 6.07) is 15.0. The summed E-state index contributed by atoms with van der Waals surface area (Å²) in [6.07, 6.45) is 1.93. The molecular weight excluding hydrogens is 220 g/mol. The van der Waals surface area contributed by atoms with Gasteiger partial charge in [-0.05, 0) is 23.3 Å². The van der Waals surface area contributed by atoms with Crippen molar-refractivity contribution >= 4 is 11.0 Å². The molecule has 2 heteroatoms. The van der Waals surface area contributed by atoms with Crippen LogP contribution in [0.3, 0.4) is 0 Å². The van der Waals surface area contributed by atoms with Crippen molar-refractivity contribution in [3.05, 3.63) is 59.9 Å². The van der Waals surface area contributed by atoms with Crippen LogP contribution in [0.25, 0.3) is 16.7 Å². The lowest BCUT2D eigenvalue weighted by Crippen LogP contribution is -2.25. The molecule has 0 bridgehead atoms. The Kier molecular flexibility index (Phi) is 1.66. The van der Waals surface area contributed by atoms with Crippen LogP contribution in [0.15, 0.2) is 48.8 Å². The number of aromatic nitrogens is 2. The van der Waals surface area contributed by atoms with E-state index in [0.717, 1.165) is 5.52 Å². The van der Waals surface area contributed by atoms with Gasteiger partial charge in [0.15, 0.2) is 0 Å². The van der Waals surface area contributed by atoms with Gasteiger partial charge in [0.1, 0.15) is 6.33 Å². The Labute approximate surface area is 106 Å². The van der Waals surface area contributed by atoms with Gasteiger partial charge in [-0.3, -0.25) is 4.57 Å². The molecule has 1 aliphatic rings. The van der Waals surface area contributed by atoms with Gasteiger partial charge in [-0.1, -0.05) is 44.2 Å². The Bertz CT molecular complexity index is 766. The molecule has 2 heterocycles. The second-order valence-electron chi connectivity index (χ2n) is 5.43. The highest BCUT2D eigenvalue weighted by Gasteiger charge is 2.33. The minimum absolute atomic E-state index is 0.0339. The van der Waals surface area contributed by atoms with E-state index in [1.54, 1.807) is 0 Å². The van der Waals surface area contributed by atoms with E-state index in [0.29, 0.717) is 0 Å². The fourth-order valence-electron chi connectivity index (χ4n) is 3.11. The van der Waals surface area contributed by atoms with Crippen molar-refractivity contribution in [1.29, 1.82) is 0 Å². The van der Waals surface area contributed by atoms with E-state index in [1.165, 1.54) is 22.3 Å². The Hall–Kier alpha value is -2.09. The zero-order valence-corrected chi connectivity index (χ0v) is 10.5. The number of benzene rings is 2. The minimum atomic E-state index is 0.0339. The molecule has 0 fully saturated rings. The molecule has 1 aliphatic heterocycles. The lowest BCUT2D eigenvalue weighted by atomic mass is 9.75. The normalized spacial score (nSPS) is 15.7. The lowest BCUT2D eigenvalue weighted by Gasteiger charge is -2.33. The van der Waals surface area contributed by atoms with Crippen molar-refractivity contribution < 1.29 is 0 Å². The van der Waals surface area contributed by atoms with Crippen molar-refractivity contribution in [2.45, 2.75) is 19.3 Å². The zero-order chi connectivity index (χ0) is 12.3. The van der Waals surface area contributed by atoms with Crippen LogP contribution >= 0.6 is 0 Å². The van der Waals surface area contributed by atoms with Gasteiger partial charge in [-0.25, -0.2) is 4.98 Å². The monoisotopic (exact) mass is 234 g/mol. The van der Waals surface area contributed by atoms with Crippen LogP contribution in [0.2, 0.25) is 0 Å². The summed E-state index contributed by atoms with van der Waals surface area (Å²) in [5, 5.41) is 0. The highest BCUT2D eigenvalue weighted by atomic mass is 15.1. The van der Waals surface area contributed by atoms with Crippen molar-refractivity contribution in [3.8, 4) is 5.69 Å². The summed E-state index contributed by atoms with van der Waals surface area (Å²) in [4.78, 5) is 4.52. The van der Waals surface area contributed by atoms with Gasteiger partial charge in [-0.2, -0.15) is 0 Å². The summed E-state index contributed by atoms with van der Waals surface area (Å²) in [6.45, 7) is 4.58. The van der Waals surface area contributed by atoms with Gasteiger partial charge in [0.05, 0.1) is 16.7 Å². The maximum Gasteiger partial charge on any atom is 0.100 e. The Balaban J connectivity index is 2.27.